The summed E-state index contributed by atoms with van der Waals surface area (Å²) in [4.78, 5) is 26.9. The third-order valence-corrected chi connectivity index (χ3v) is 5.61. The van der Waals surface area contributed by atoms with Gasteiger partial charge in [-0.15, -0.1) is 0 Å². The molecule has 1 atom stereocenters. The van der Waals surface area contributed by atoms with Gasteiger partial charge in [-0.2, -0.15) is 0 Å². The number of thioether (sulfide) groups is 1. The van der Waals surface area contributed by atoms with Crippen LogP contribution in [-0.4, -0.2) is 31.8 Å². The Bertz CT molecular complexity index is 788. The predicted octanol–water partition coefficient (Wildman–Crippen LogP) is 3.22. The minimum Gasteiger partial charge on any atom is -0.459 e. The predicted molar refractivity (Wildman–Crippen MR) is 101 cm³/mol. The third-order valence-electron chi connectivity index (χ3n) is 3.98. The van der Waals surface area contributed by atoms with Crippen LogP contribution in [0.4, 0.5) is 0 Å². The van der Waals surface area contributed by atoms with E-state index in [9.17, 15) is 9.59 Å². The van der Waals surface area contributed by atoms with Gasteiger partial charge in [0, 0.05) is 4.75 Å². The van der Waals surface area contributed by atoms with Gasteiger partial charge in [-0.05, 0) is 31.5 Å². The maximum absolute atomic E-state index is 13.0. The molecule has 0 aliphatic carbocycles. The van der Waals surface area contributed by atoms with Crippen LogP contribution in [0, 0.1) is 0 Å². The number of carbonyl (C=O) groups is 2. The SMILES string of the molecule is CC1(C)SC(=S)N(Cc2ccccc2)C(=O)C1NC(=O)c1ccco1. The highest BCUT2D eigenvalue weighted by molar-refractivity contribution is 8.24. The molecule has 1 saturated heterocycles. The molecule has 1 N–H and O–H groups in total. The molecule has 1 fully saturated rings. The van der Waals surface area contributed by atoms with E-state index in [1.165, 1.54) is 18.0 Å². The molecule has 0 spiro atoms. The minimum atomic E-state index is -0.703. The van der Waals surface area contributed by atoms with Crippen LogP contribution in [0.3, 0.4) is 0 Å². The van der Waals surface area contributed by atoms with Crippen molar-refractivity contribution in [2.45, 2.75) is 31.2 Å². The van der Waals surface area contributed by atoms with Crippen molar-refractivity contribution < 1.29 is 14.0 Å². The van der Waals surface area contributed by atoms with Crippen LogP contribution in [-0.2, 0) is 11.3 Å². The molecule has 1 aromatic heterocycles. The summed E-state index contributed by atoms with van der Waals surface area (Å²) in [5.74, 6) is -0.446. The minimum absolute atomic E-state index is 0.177. The lowest BCUT2D eigenvalue weighted by molar-refractivity contribution is -0.130. The van der Waals surface area contributed by atoms with Gasteiger partial charge in [0.2, 0.25) is 0 Å². The van der Waals surface area contributed by atoms with E-state index in [1.54, 1.807) is 17.0 Å². The highest BCUT2D eigenvalue weighted by Crippen LogP contribution is 2.37. The van der Waals surface area contributed by atoms with E-state index in [0.717, 1.165) is 5.56 Å². The van der Waals surface area contributed by atoms with E-state index in [0.29, 0.717) is 10.9 Å². The van der Waals surface area contributed by atoms with Crippen molar-refractivity contribution in [1.29, 1.82) is 0 Å². The number of nitrogens with zero attached hydrogens (tertiary/aromatic N) is 1. The average Bonchev–Trinajstić information content (AvgIpc) is 3.10. The molecule has 1 aliphatic rings. The van der Waals surface area contributed by atoms with Crippen LogP contribution >= 0.6 is 24.0 Å². The molecule has 0 bridgehead atoms. The van der Waals surface area contributed by atoms with Gasteiger partial charge in [0.1, 0.15) is 10.4 Å². The Balaban J connectivity index is 1.82. The topological polar surface area (TPSA) is 62.6 Å². The number of carbonyl (C=O) groups excluding carboxylic acids is 2. The van der Waals surface area contributed by atoms with Crippen LogP contribution < -0.4 is 5.32 Å². The molecule has 2 amide bonds. The van der Waals surface area contributed by atoms with Crippen LogP contribution in [0.25, 0.3) is 0 Å². The number of benzene rings is 1. The van der Waals surface area contributed by atoms with Crippen molar-refractivity contribution in [3.63, 3.8) is 0 Å². The van der Waals surface area contributed by atoms with E-state index in [1.807, 2.05) is 44.2 Å². The van der Waals surface area contributed by atoms with Gasteiger partial charge < -0.3 is 9.73 Å². The van der Waals surface area contributed by atoms with Gasteiger partial charge in [0.05, 0.1) is 12.8 Å². The number of amides is 2. The Hall–Kier alpha value is -2.12. The van der Waals surface area contributed by atoms with Crippen molar-refractivity contribution in [2.75, 3.05) is 0 Å². The maximum Gasteiger partial charge on any atom is 0.287 e. The highest BCUT2D eigenvalue weighted by atomic mass is 32.2. The van der Waals surface area contributed by atoms with Crippen LogP contribution in [0.1, 0.15) is 30.0 Å². The van der Waals surface area contributed by atoms with Gasteiger partial charge in [0.25, 0.3) is 11.8 Å². The molecular formula is C18H18N2O3S2. The molecule has 0 radical (unpaired) electrons. The fraction of sp³-hybridized carbons (Fsp3) is 0.278. The van der Waals surface area contributed by atoms with Gasteiger partial charge in [-0.25, -0.2) is 0 Å². The van der Waals surface area contributed by atoms with Crippen molar-refractivity contribution in [2.24, 2.45) is 0 Å². The van der Waals surface area contributed by atoms with Crippen molar-refractivity contribution >= 4 is 40.1 Å². The molecule has 1 aliphatic heterocycles. The fourth-order valence-corrected chi connectivity index (χ4v) is 4.43. The lowest BCUT2D eigenvalue weighted by atomic mass is 10.0. The second-order valence-corrected chi connectivity index (χ2v) is 8.55. The Kier molecular flexibility index (Phi) is 4.96. The van der Waals surface area contributed by atoms with Crippen molar-refractivity contribution in [1.82, 2.24) is 10.2 Å². The van der Waals surface area contributed by atoms with Gasteiger partial charge in [-0.3, -0.25) is 14.5 Å². The molecular weight excluding hydrogens is 356 g/mol. The number of hydrogen-bond acceptors (Lipinski definition) is 5. The van der Waals surface area contributed by atoms with Gasteiger partial charge in [-0.1, -0.05) is 54.3 Å². The summed E-state index contributed by atoms with van der Waals surface area (Å²) in [7, 11) is 0. The Morgan fingerprint density at radius 1 is 1.28 bits per heavy atom. The summed E-state index contributed by atoms with van der Waals surface area (Å²) in [5, 5.41) is 2.79. The number of rotatable bonds is 4. The first-order valence-corrected chi connectivity index (χ1v) is 9.03. The van der Waals surface area contributed by atoms with Crippen LogP contribution in [0.5, 0.6) is 0 Å². The summed E-state index contributed by atoms with van der Waals surface area (Å²) >= 11 is 6.85. The first-order valence-electron chi connectivity index (χ1n) is 7.81. The molecule has 5 nitrogen and oxygen atoms in total. The maximum atomic E-state index is 13.0. The zero-order valence-corrected chi connectivity index (χ0v) is 15.5. The summed E-state index contributed by atoms with van der Waals surface area (Å²) in [6, 6.07) is 12.1. The number of thiocarbonyl (C=S) groups is 1. The van der Waals surface area contributed by atoms with Crippen LogP contribution in [0.2, 0.25) is 0 Å². The van der Waals surface area contributed by atoms with E-state index < -0.39 is 16.7 Å². The molecule has 130 valence electrons. The monoisotopic (exact) mass is 374 g/mol. The van der Waals surface area contributed by atoms with E-state index in [2.05, 4.69) is 5.32 Å². The zero-order chi connectivity index (χ0) is 18.0. The smallest absolute Gasteiger partial charge is 0.287 e. The Morgan fingerprint density at radius 2 is 2.00 bits per heavy atom. The molecule has 3 rings (SSSR count). The molecule has 1 unspecified atom stereocenters. The summed E-state index contributed by atoms with van der Waals surface area (Å²) in [5.41, 5.74) is 0.981. The highest BCUT2D eigenvalue weighted by Gasteiger charge is 2.46. The zero-order valence-electron chi connectivity index (χ0n) is 13.9. The van der Waals surface area contributed by atoms with Crippen LogP contribution in [0.15, 0.2) is 53.1 Å². The first-order chi connectivity index (χ1) is 11.9. The largest absolute Gasteiger partial charge is 0.459 e. The molecule has 1 aromatic carbocycles. The van der Waals surface area contributed by atoms with Gasteiger partial charge in [0.15, 0.2) is 5.76 Å². The molecule has 7 heteroatoms. The Labute approximate surface area is 155 Å². The van der Waals surface area contributed by atoms with E-state index >= 15 is 0 Å². The number of hydrogen-bond donors (Lipinski definition) is 1. The molecule has 25 heavy (non-hydrogen) atoms. The Morgan fingerprint density at radius 3 is 2.64 bits per heavy atom. The molecule has 2 aromatic rings. The number of furan rings is 1. The quantitative estimate of drug-likeness (QED) is 0.833. The van der Waals surface area contributed by atoms with Crippen molar-refractivity contribution in [3.05, 3.63) is 60.1 Å². The fourth-order valence-electron chi connectivity index (χ4n) is 2.64. The second-order valence-electron chi connectivity index (χ2n) is 6.27. The molecule has 0 saturated carbocycles. The standard InChI is InChI=1S/C18H18N2O3S2/c1-18(2)14(19-15(21)13-9-6-10-23-13)16(22)20(17(24)25-18)11-12-7-4-3-5-8-12/h3-10,14H,11H2,1-2H3,(H,19,21). The second kappa shape index (κ2) is 7.01. The number of nitrogens with one attached hydrogen (secondary N) is 1. The van der Waals surface area contributed by atoms with E-state index in [-0.39, 0.29) is 11.7 Å². The first kappa shape index (κ1) is 17.7. The molecule has 2 heterocycles. The summed E-state index contributed by atoms with van der Waals surface area (Å²) < 4.78 is 5.08. The average molecular weight is 374 g/mol. The summed E-state index contributed by atoms with van der Waals surface area (Å²) in [6.07, 6.45) is 1.42. The van der Waals surface area contributed by atoms with Gasteiger partial charge >= 0.3 is 0 Å². The lowest BCUT2D eigenvalue weighted by Gasteiger charge is -2.42. The van der Waals surface area contributed by atoms with E-state index in [4.69, 9.17) is 16.6 Å². The van der Waals surface area contributed by atoms with Crippen molar-refractivity contribution in [3.8, 4) is 0 Å². The summed E-state index contributed by atoms with van der Waals surface area (Å²) in [6.45, 7) is 4.18. The lowest BCUT2D eigenvalue weighted by Crippen LogP contribution is -2.61. The third kappa shape index (κ3) is 3.77. The normalized spacial score (nSPS) is 19.8.